The number of fused-ring (bicyclic) bond motifs is 2. The molecule has 0 fully saturated rings. The van der Waals surface area contributed by atoms with Crippen molar-refractivity contribution >= 4 is 61.6 Å². The van der Waals surface area contributed by atoms with Crippen LogP contribution in [-0.4, -0.2) is 35.1 Å². The lowest BCUT2D eigenvalue weighted by Gasteiger charge is -2.11. The van der Waals surface area contributed by atoms with E-state index in [0.29, 0.717) is 38.0 Å². The van der Waals surface area contributed by atoms with Crippen LogP contribution in [0.3, 0.4) is 0 Å². The number of furan rings is 1. The molecule has 0 amide bonds. The average molecular weight is 581 g/mol. The number of benzene rings is 3. The van der Waals surface area contributed by atoms with Crippen LogP contribution in [-0.2, 0) is 9.53 Å². The van der Waals surface area contributed by atoms with Crippen LogP contribution >= 0.6 is 27.5 Å². The van der Waals surface area contributed by atoms with Gasteiger partial charge in [-0.3, -0.25) is 4.79 Å². The van der Waals surface area contributed by atoms with E-state index in [1.165, 1.54) is 10.9 Å². The minimum absolute atomic E-state index is 0.251. The van der Waals surface area contributed by atoms with Gasteiger partial charge in [-0.25, -0.2) is 9.78 Å². The summed E-state index contributed by atoms with van der Waals surface area (Å²) in [6.07, 6.45) is 1.48. The normalized spacial score (nSPS) is 11.4. The SMILES string of the molecule is CCOC(=O)COc1c(Cl)cc(C=Nn2c(-c3cc4ccccc4o3)nc3ccccc3c2=O)cc1Br. The Morgan fingerprint density at radius 3 is 2.73 bits per heavy atom. The summed E-state index contributed by atoms with van der Waals surface area (Å²) >= 11 is 9.81. The Labute approximate surface area is 224 Å². The largest absolute Gasteiger partial charge is 0.479 e. The van der Waals surface area contributed by atoms with Crippen LogP contribution in [0, 0.1) is 0 Å². The number of ether oxygens (including phenoxy) is 2. The number of esters is 1. The number of nitrogens with zero attached hydrogens (tertiary/aromatic N) is 3. The van der Waals surface area contributed by atoms with Gasteiger partial charge in [0.15, 0.2) is 18.1 Å². The van der Waals surface area contributed by atoms with Crippen LogP contribution in [0.1, 0.15) is 12.5 Å². The molecule has 5 rings (SSSR count). The quantitative estimate of drug-likeness (QED) is 0.172. The molecule has 0 unspecified atom stereocenters. The van der Waals surface area contributed by atoms with Crippen molar-refractivity contribution in [3.05, 3.63) is 92.1 Å². The summed E-state index contributed by atoms with van der Waals surface area (Å²) < 4.78 is 18.1. The molecule has 0 aliphatic carbocycles. The maximum absolute atomic E-state index is 13.4. The summed E-state index contributed by atoms with van der Waals surface area (Å²) in [5, 5.41) is 5.99. The molecule has 2 heterocycles. The van der Waals surface area contributed by atoms with Crippen LogP contribution in [0.4, 0.5) is 0 Å². The fourth-order valence-corrected chi connectivity index (χ4v) is 4.72. The van der Waals surface area contributed by atoms with Gasteiger partial charge < -0.3 is 13.9 Å². The van der Waals surface area contributed by atoms with E-state index >= 15 is 0 Å². The van der Waals surface area contributed by atoms with Gasteiger partial charge in [0, 0.05) is 5.39 Å². The molecule has 37 heavy (non-hydrogen) atoms. The second kappa shape index (κ2) is 10.6. The van der Waals surface area contributed by atoms with E-state index in [1.807, 2.05) is 36.4 Å². The van der Waals surface area contributed by atoms with E-state index in [1.54, 1.807) is 37.3 Å². The third-order valence-corrected chi connectivity index (χ3v) is 6.25. The molecule has 8 nitrogen and oxygen atoms in total. The average Bonchev–Trinajstić information content (AvgIpc) is 3.32. The Bertz CT molecular complexity index is 1670. The minimum Gasteiger partial charge on any atom is -0.479 e. The Hall–Kier alpha value is -3.95. The van der Waals surface area contributed by atoms with Crippen LogP contribution in [0.5, 0.6) is 5.75 Å². The van der Waals surface area contributed by atoms with E-state index in [9.17, 15) is 9.59 Å². The fourth-order valence-electron chi connectivity index (χ4n) is 3.73. The van der Waals surface area contributed by atoms with Crippen molar-refractivity contribution in [2.45, 2.75) is 6.92 Å². The van der Waals surface area contributed by atoms with Crippen LogP contribution in [0.25, 0.3) is 33.5 Å². The first-order valence-corrected chi connectivity index (χ1v) is 12.4. The first-order chi connectivity index (χ1) is 17.9. The number of hydrogen-bond donors (Lipinski definition) is 0. The van der Waals surface area contributed by atoms with Crippen molar-refractivity contribution in [2.75, 3.05) is 13.2 Å². The molecule has 3 aromatic carbocycles. The summed E-state index contributed by atoms with van der Waals surface area (Å²) in [5.41, 5.74) is 1.43. The molecule has 10 heteroatoms. The zero-order valence-electron chi connectivity index (χ0n) is 19.5. The summed E-state index contributed by atoms with van der Waals surface area (Å²) in [6, 6.07) is 19.7. The van der Waals surface area contributed by atoms with Gasteiger partial charge in [0.2, 0.25) is 5.82 Å². The predicted octanol–water partition coefficient (Wildman–Crippen LogP) is 6.05. The standard InChI is InChI=1S/C27H19BrClN3O5/c1-2-35-24(33)15-36-25-19(28)11-16(12-20(25)29)14-30-32-26(23-13-17-7-3-6-10-22(17)37-23)31-21-9-5-4-8-18(21)27(32)34/h3-14H,2,15H2,1H3. The van der Waals surface area contributed by atoms with Gasteiger partial charge in [-0.2, -0.15) is 9.78 Å². The molecular weight excluding hydrogens is 562 g/mol. The molecule has 0 atom stereocenters. The maximum Gasteiger partial charge on any atom is 0.344 e. The highest BCUT2D eigenvalue weighted by Gasteiger charge is 2.17. The smallest absolute Gasteiger partial charge is 0.344 e. The topological polar surface area (TPSA) is 95.9 Å². The highest BCUT2D eigenvalue weighted by atomic mass is 79.9. The Kier molecular flexibility index (Phi) is 7.07. The molecular formula is C27H19BrClN3O5. The van der Waals surface area contributed by atoms with Gasteiger partial charge in [0.05, 0.1) is 33.2 Å². The van der Waals surface area contributed by atoms with Crippen LogP contribution in [0.2, 0.25) is 5.02 Å². The minimum atomic E-state index is -0.502. The first kappa shape index (κ1) is 24.7. The van der Waals surface area contributed by atoms with Crippen molar-refractivity contribution in [3.63, 3.8) is 0 Å². The van der Waals surface area contributed by atoms with Crippen LogP contribution < -0.4 is 10.3 Å². The molecule has 0 spiro atoms. The number of carbonyl (C=O) groups excluding carboxylic acids is 1. The molecule has 0 radical (unpaired) electrons. The molecule has 0 bridgehead atoms. The van der Waals surface area contributed by atoms with Crippen molar-refractivity contribution in [3.8, 4) is 17.3 Å². The van der Waals surface area contributed by atoms with Gasteiger partial charge in [0.1, 0.15) is 5.58 Å². The molecule has 186 valence electrons. The van der Waals surface area contributed by atoms with E-state index in [-0.39, 0.29) is 29.6 Å². The Morgan fingerprint density at radius 1 is 1.16 bits per heavy atom. The maximum atomic E-state index is 13.4. The number of carbonyl (C=O) groups is 1. The van der Waals surface area contributed by atoms with Crippen molar-refractivity contribution in [1.29, 1.82) is 0 Å². The number of halogens is 2. The van der Waals surface area contributed by atoms with Gasteiger partial charge in [-0.15, -0.1) is 0 Å². The van der Waals surface area contributed by atoms with E-state index in [0.717, 1.165) is 5.39 Å². The lowest BCUT2D eigenvalue weighted by Crippen LogP contribution is -2.20. The fraction of sp³-hybridized carbons (Fsp3) is 0.111. The molecule has 5 aromatic rings. The molecule has 0 N–H and O–H groups in total. The molecule has 0 saturated carbocycles. The third-order valence-electron chi connectivity index (χ3n) is 5.38. The van der Waals surface area contributed by atoms with Gasteiger partial charge in [-0.1, -0.05) is 41.9 Å². The number of rotatable bonds is 7. The third kappa shape index (κ3) is 5.14. The second-order valence-electron chi connectivity index (χ2n) is 7.87. The van der Waals surface area contributed by atoms with Crippen LogP contribution in [0.15, 0.2) is 85.5 Å². The predicted molar refractivity (Wildman–Crippen MR) is 145 cm³/mol. The highest BCUT2D eigenvalue weighted by Crippen LogP contribution is 2.34. The number of aromatic nitrogens is 2. The number of hydrogen-bond acceptors (Lipinski definition) is 7. The molecule has 0 aliphatic rings. The summed E-state index contributed by atoms with van der Waals surface area (Å²) in [5.74, 6) is 0.454. The van der Waals surface area contributed by atoms with Gasteiger partial charge in [0.25, 0.3) is 5.56 Å². The van der Waals surface area contributed by atoms with Crippen molar-refractivity contribution < 1.29 is 18.7 Å². The molecule has 0 saturated heterocycles. The molecule has 2 aromatic heterocycles. The summed E-state index contributed by atoms with van der Waals surface area (Å²) in [6.45, 7) is 1.69. The highest BCUT2D eigenvalue weighted by molar-refractivity contribution is 9.10. The van der Waals surface area contributed by atoms with Gasteiger partial charge in [-0.05, 0) is 64.8 Å². The van der Waals surface area contributed by atoms with E-state index in [2.05, 4.69) is 26.0 Å². The zero-order valence-corrected chi connectivity index (χ0v) is 21.8. The van der Waals surface area contributed by atoms with Crippen molar-refractivity contribution in [1.82, 2.24) is 9.66 Å². The Morgan fingerprint density at radius 2 is 1.95 bits per heavy atom. The lowest BCUT2D eigenvalue weighted by molar-refractivity contribution is -0.145. The molecule has 0 aliphatic heterocycles. The summed E-state index contributed by atoms with van der Waals surface area (Å²) in [4.78, 5) is 29.7. The monoisotopic (exact) mass is 579 g/mol. The first-order valence-electron chi connectivity index (χ1n) is 11.3. The number of para-hydroxylation sites is 2. The second-order valence-corrected chi connectivity index (χ2v) is 9.13. The summed E-state index contributed by atoms with van der Waals surface area (Å²) in [7, 11) is 0. The van der Waals surface area contributed by atoms with E-state index in [4.69, 9.17) is 25.5 Å². The van der Waals surface area contributed by atoms with E-state index < -0.39 is 5.97 Å². The lowest BCUT2D eigenvalue weighted by atomic mass is 10.2. The zero-order chi connectivity index (χ0) is 25.9. The van der Waals surface area contributed by atoms with Gasteiger partial charge >= 0.3 is 5.97 Å². The van der Waals surface area contributed by atoms with Crippen molar-refractivity contribution in [2.24, 2.45) is 5.10 Å². The Balaban J connectivity index is 1.55.